The molecule has 0 unspecified atom stereocenters. The van der Waals surface area contributed by atoms with E-state index in [1.54, 1.807) is 19.2 Å². The number of aryl methyl sites for hydroxylation is 1. The third-order valence-corrected chi connectivity index (χ3v) is 3.55. The molecule has 0 saturated carbocycles. The Morgan fingerprint density at radius 3 is 2.67 bits per heavy atom. The zero-order valence-corrected chi connectivity index (χ0v) is 12.0. The highest BCUT2D eigenvalue weighted by Crippen LogP contribution is 2.25. The molecule has 108 valence electrons. The van der Waals surface area contributed by atoms with E-state index in [0.29, 0.717) is 6.61 Å². The van der Waals surface area contributed by atoms with E-state index in [4.69, 9.17) is 9.47 Å². The third-order valence-electron chi connectivity index (χ3n) is 3.55. The van der Waals surface area contributed by atoms with E-state index in [1.165, 1.54) is 0 Å². The highest BCUT2D eigenvalue weighted by atomic mass is 16.5. The molecule has 0 bridgehead atoms. The molecule has 4 nitrogen and oxygen atoms in total. The molecule has 3 aromatic rings. The van der Waals surface area contributed by atoms with Gasteiger partial charge in [0.05, 0.1) is 12.8 Å². The molecular formula is C17H17NO3. The monoisotopic (exact) mass is 283 g/mol. The largest absolute Gasteiger partial charge is 0.508 e. The number of phenolic OH excluding ortho intramolecular Hbond substituents is 1. The second-order valence-electron chi connectivity index (χ2n) is 4.91. The molecule has 1 N–H and O–H groups in total. The van der Waals surface area contributed by atoms with Gasteiger partial charge in [-0.05, 0) is 36.4 Å². The van der Waals surface area contributed by atoms with Gasteiger partial charge < -0.3 is 19.1 Å². The van der Waals surface area contributed by atoms with Crippen molar-refractivity contribution in [1.82, 2.24) is 4.57 Å². The first-order valence-corrected chi connectivity index (χ1v) is 6.71. The fraction of sp³-hybridized carbons (Fsp3) is 0.176. The van der Waals surface area contributed by atoms with Crippen molar-refractivity contribution in [3.63, 3.8) is 0 Å². The number of hydrogen-bond acceptors (Lipinski definition) is 3. The van der Waals surface area contributed by atoms with Gasteiger partial charge in [0.15, 0.2) is 0 Å². The van der Waals surface area contributed by atoms with Gasteiger partial charge in [-0.3, -0.25) is 0 Å². The number of nitrogens with zero attached hydrogens (tertiary/aromatic N) is 1. The van der Waals surface area contributed by atoms with Crippen molar-refractivity contribution >= 4 is 10.9 Å². The van der Waals surface area contributed by atoms with Crippen LogP contribution in [0.3, 0.4) is 0 Å². The fourth-order valence-corrected chi connectivity index (χ4v) is 2.38. The molecule has 1 heterocycles. The quantitative estimate of drug-likeness (QED) is 0.797. The Bertz CT molecular complexity index is 777. The molecule has 4 heteroatoms. The zero-order valence-electron chi connectivity index (χ0n) is 12.0. The van der Waals surface area contributed by atoms with Crippen molar-refractivity contribution in [2.24, 2.45) is 7.05 Å². The lowest BCUT2D eigenvalue weighted by molar-refractivity contribution is 0.295. The van der Waals surface area contributed by atoms with E-state index in [0.717, 1.165) is 28.1 Å². The van der Waals surface area contributed by atoms with E-state index in [1.807, 2.05) is 43.4 Å². The van der Waals surface area contributed by atoms with Gasteiger partial charge in [-0.1, -0.05) is 6.07 Å². The van der Waals surface area contributed by atoms with Crippen molar-refractivity contribution in [3.05, 3.63) is 54.2 Å². The average molecular weight is 283 g/mol. The van der Waals surface area contributed by atoms with Crippen LogP contribution in [0, 0.1) is 0 Å². The van der Waals surface area contributed by atoms with Crippen LogP contribution < -0.4 is 9.47 Å². The Morgan fingerprint density at radius 1 is 1.05 bits per heavy atom. The van der Waals surface area contributed by atoms with Crippen molar-refractivity contribution in [1.29, 1.82) is 0 Å². The van der Waals surface area contributed by atoms with E-state index in [-0.39, 0.29) is 5.75 Å². The van der Waals surface area contributed by atoms with Gasteiger partial charge in [-0.15, -0.1) is 0 Å². The number of fused-ring (bicyclic) bond motifs is 1. The molecule has 21 heavy (non-hydrogen) atoms. The summed E-state index contributed by atoms with van der Waals surface area (Å²) < 4.78 is 13.1. The number of ether oxygens (including phenoxy) is 2. The summed E-state index contributed by atoms with van der Waals surface area (Å²) in [7, 11) is 3.62. The minimum absolute atomic E-state index is 0.272. The summed E-state index contributed by atoms with van der Waals surface area (Å²) in [5.74, 6) is 1.81. The first-order chi connectivity index (χ1) is 10.2. The number of hydrogen-bond donors (Lipinski definition) is 1. The standard InChI is InChI=1S/C17H17NO3/c1-18-13(8-12-9-14(19)6-7-17(12)18)11-21-16-5-3-4-15(10-16)20-2/h3-10,19H,11H2,1-2H3. The number of aromatic nitrogens is 1. The Hall–Kier alpha value is -2.62. The minimum atomic E-state index is 0.272. The Labute approximate surface area is 123 Å². The average Bonchev–Trinajstić information content (AvgIpc) is 2.81. The van der Waals surface area contributed by atoms with Crippen LogP contribution in [0.2, 0.25) is 0 Å². The molecule has 0 aliphatic rings. The van der Waals surface area contributed by atoms with Gasteiger partial charge in [0, 0.05) is 24.0 Å². The van der Waals surface area contributed by atoms with Crippen LogP contribution in [0.25, 0.3) is 10.9 Å². The van der Waals surface area contributed by atoms with Crippen LogP contribution in [0.15, 0.2) is 48.5 Å². The topological polar surface area (TPSA) is 43.6 Å². The molecule has 0 fully saturated rings. The summed E-state index contributed by atoms with van der Waals surface area (Å²) in [5, 5.41) is 10.5. The highest BCUT2D eigenvalue weighted by Gasteiger charge is 2.07. The van der Waals surface area contributed by atoms with Gasteiger partial charge in [0.25, 0.3) is 0 Å². The minimum Gasteiger partial charge on any atom is -0.508 e. The molecular weight excluding hydrogens is 266 g/mol. The van der Waals surface area contributed by atoms with Gasteiger partial charge in [-0.25, -0.2) is 0 Å². The van der Waals surface area contributed by atoms with Crippen molar-refractivity contribution in [3.8, 4) is 17.2 Å². The van der Waals surface area contributed by atoms with Gasteiger partial charge in [-0.2, -0.15) is 0 Å². The predicted octanol–water partition coefficient (Wildman–Crippen LogP) is 3.47. The summed E-state index contributed by atoms with van der Waals surface area (Å²) in [6, 6.07) is 14.9. The summed E-state index contributed by atoms with van der Waals surface area (Å²) >= 11 is 0. The maximum Gasteiger partial charge on any atom is 0.128 e. The molecule has 1 aromatic heterocycles. The Kier molecular flexibility index (Phi) is 3.44. The van der Waals surface area contributed by atoms with Gasteiger partial charge in [0.1, 0.15) is 23.9 Å². The fourth-order valence-electron chi connectivity index (χ4n) is 2.38. The SMILES string of the molecule is COc1cccc(OCc2cc3cc(O)ccc3n2C)c1. The normalized spacial score (nSPS) is 10.8. The lowest BCUT2D eigenvalue weighted by atomic mass is 10.2. The molecule has 0 aliphatic heterocycles. The molecule has 0 aliphatic carbocycles. The smallest absolute Gasteiger partial charge is 0.128 e. The first kappa shape index (κ1) is 13.4. The lowest BCUT2D eigenvalue weighted by Gasteiger charge is -2.08. The number of aromatic hydroxyl groups is 1. The number of rotatable bonds is 4. The van der Waals surface area contributed by atoms with E-state index in [9.17, 15) is 5.11 Å². The number of phenols is 1. The van der Waals surface area contributed by atoms with Crippen LogP contribution in [-0.4, -0.2) is 16.8 Å². The first-order valence-electron chi connectivity index (χ1n) is 6.71. The highest BCUT2D eigenvalue weighted by molar-refractivity contribution is 5.82. The van der Waals surface area contributed by atoms with Crippen LogP contribution in [0.5, 0.6) is 17.2 Å². The van der Waals surface area contributed by atoms with Crippen molar-refractivity contribution < 1.29 is 14.6 Å². The Morgan fingerprint density at radius 2 is 1.86 bits per heavy atom. The number of benzene rings is 2. The summed E-state index contributed by atoms with van der Waals surface area (Å²) in [6.45, 7) is 0.457. The number of methoxy groups -OCH3 is 1. The predicted molar refractivity (Wildman–Crippen MR) is 81.9 cm³/mol. The van der Waals surface area contributed by atoms with Crippen LogP contribution >= 0.6 is 0 Å². The van der Waals surface area contributed by atoms with Crippen molar-refractivity contribution in [2.75, 3.05) is 7.11 Å². The van der Waals surface area contributed by atoms with Gasteiger partial charge in [0.2, 0.25) is 0 Å². The van der Waals surface area contributed by atoms with Crippen LogP contribution in [-0.2, 0) is 13.7 Å². The third kappa shape index (κ3) is 2.65. The van der Waals surface area contributed by atoms with E-state index < -0.39 is 0 Å². The molecule has 0 spiro atoms. The maximum atomic E-state index is 9.54. The molecule has 2 aromatic carbocycles. The maximum absolute atomic E-state index is 9.54. The van der Waals surface area contributed by atoms with Crippen molar-refractivity contribution in [2.45, 2.75) is 6.61 Å². The van der Waals surface area contributed by atoms with Gasteiger partial charge >= 0.3 is 0 Å². The Balaban J connectivity index is 1.83. The molecule has 0 saturated heterocycles. The van der Waals surface area contributed by atoms with Crippen LogP contribution in [0.1, 0.15) is 5.69 Å². The zero-order chi connectivity index (χ0) is 14.8. The molecule has 3 rings (SSSR count). The summed E-state index contributed by atoms with van der Waals surface area (Å²) in [5.41, 5.74) is 2.11. The second kappa shape index (κ2) is 5.40. The molecule has 0 atom stereocenters. The summed E-state index contributed by atoms with van der Waals surface area (Å²) in [4.78, 5) is 0. The molecule has 0 amide bonds. The lowest BCUT2D eigenvalue weighted by Crippen LogP contribution is -2.01. The van der Waals surface area contributed by atoms with E-state index in [2.05, 4.69) is 4.57 Å². The molecule has 0 radical (unpaired) electrons. The second-order valence-corrected chi connectivity index (χ2v) is 4.91. The van der Waals surface area contributed by atoms with E-state index >= 15 is 0 Å². The van der Waals surface area contributed by atoms with Crippen LogP contribution in [0.4, 0.5) is 0 Å². The summed E-state index contributed by atoms with van der Waals surface area (Å²) in [6.07, 6.45) is 0.